The molecule has 0 bridgehead atoms. The van der Waals surface area contributed by atoms with Gasteiger partial charge in [-0.2, -0.15) is 4.98 Å². The van der Waals surface area contributed by atoms with Crippen LogP contribution in [0.4, 0.5) is 27.5 Å². The largest absolute Gasteiger partial charge is 0.493 e. The molecule has 1 amide bonds. The van der Waals surface area contributed by atoms with Crippen molar-refractivity contribution in [2.45, 2.75) is 6.42 Å². The molecule has 1 aromatic heterocycles. The fraction of sp³-hybridized carbons (Fsp3) is 0.273. The number of piperazine rings is 1. The van der Waals surface area contributed by atoms with Gasteiger partial charge >= 0.3 is 0 Å². The molecule has 11 nitrogen and oxygen atoms in total. The number of aromatic nitrogens is 2. The predicted octanol–water partition coefficient (Wildman–Crippen LogP) is 4.72. The quantitative estimate of drug-likeness (QED) is 0.276. The summed E-state index contributed by atoms with van der Waals surface area (Å²) in [5.74, 6) is 0.877. The highest BCUT2D eigenvalue weighted by Crippen LogP contribution is 2.39. The van der Waals surface area contributed by atoms with Crippen molar-refractivity contribution in [3.8, 4) is 17.2 Å². The number of nitrogens with two attached hydrogens (primary N) is 1. The zero-order valence-corrected chi connectivity index (χ0v) is 26.4. The van der Waals surface area contributed by atoms with Crippen LogP contribution in [0.1, 0.15) is 16.7 Å². The first-order valence-electron chi connectivity index (χ1n) is 14.6. The number of rotatable bonds is 9. The molecule has 0 radical (unpaired) electrons. The molecule has 2 aliphatic heterocycles. The summed E-state index contributed by atoms with van der Waals surface area (Å²) in [5.41, 5.74) is 9.93. The lowest BCUT2D eigenvalue weighted by Crippen LogP contribution is -2.51. The van der Waals surface area contributed by atoms with Crippen molar-refractivity contribution < 1.29 is 23.4 Å². The summed E-state index contributed by atoms with van der Waals surface area (Å²) >= 11 is 6.05. The maximum absolute atomic E-state index is 14.4. The minimum Gasteiger partial charge on any atom is -0.493 e. The van der Waals surface area contributed by atoms with Crippen molar-refractivity contribution in [2.75, 3.05) is 69.7 Å². The number of nitrogens with zero attached hydrogens (tertiary/aromatic N) is 6. The van der Waals surface area contributed by atoms with Crippen LogP contribution in [0.15, 0.2) is 65.8 Å². The van der Waals surface area contributed by atoms with E-state index in [-0.39, 0.29) is 23.4 Å². The highest BCUT2D eigenvalue weighted by atomic mass is 35.5. The lowest BCUT2D eigenvalue weighted by molar-refractivity contribution is -0.112. The van der Waals surface area contributed by atoms with E-state index in [1.54, 1.807) is 31.4 Å². The van der Waals surface area contributed by atoms with Crippen LogP contribution in [-0.4, -0.2) is 80.7 Å². The van der Waals surface area contributed by atoms with Crippen LogP contribution in [0.5, 0.6) is 17.2 Å². The molecule has 46 heavy (non-hydrogen) atoms. The lowest BCUT2D eigenvalue weighted by atomic mass is 10.1. The van der Waals surface area contributed by atoms with Crippen molar-refractivity contribution in [1.82, 2.24) is 14.9 Å². The molecule has 0 atom stereocenters. The summed E-state index contributed by atoms with van der Waals surface area (Å²) < 4.78 is 30.7. The van der Waals surface area contributed by atoms with Gasteiger partial charge in [0.1, 0.15) is 17.3 Å². The topological polar surface area (TPSA) is 119 Å². The van der Waals surface area contributed by atoms with Gasteiger partial charge in [0.2, 0.25) is 5.75 Å². The summed E-state index contributed by atoms with van der Waals surface area (Å²) in [6, 6.07) is 15.7. The fourth-order valence-electron chi connectivity index (χ4n) is 5.69. The molecule has 13 heteroatoms. The lowest BCUT2D eigenvalue weighted by Gasteiger charge is -2.37. The fourth-order valence-corrected chi connectivity index (χ4v) is 5.82. The second-order valence-electron chi connectivity index (χ2n) is 10.9. The number of methoxy groups -OCH3 is 3. The first kappa shape index (κ1) is 31.1. The second-order valence-corrected chi connectivity index (χ2v) is 11.3. The van der Waals surface area contributed by atoms with E-state index in [2.05, 4.69) is 24.8 Å². The summed E-state index contributed by atoms with van der Waals surface area (Å²) in [5, 5.41) is 0.696. The molecule has 2 aliphatic rings. The van der Waals surface area contributed by atoms with Gasteiger partial charge < -0.3 is 24.8 Å². The molecule has 0 aliphatic carbocycles. The monoisotopic (exact) mass is 645 g/mol. The first-order chi connectivity index (χ1) is 22.3. The van der Waals surface area contributed by atoms with Gasteiger partial charge in [0, 0.05) is 60.6 Å². The third kappa shape index (κ3) is 6.26. The zero-order valence-electron chi connectivity index (χ0n) is 25.7. The Morgan fingerprint density at radius 3 is 2.28 bits per heavy atom. The molecule has 4 aromatic rings. The van der Waals surface area contributed by atoms with E-state index in [0.717, 1.165) is 37.4 Å². The molecule has 0 spiro atoms. The van der Waals surface area contributed by atoms with Gasteiger partial charge in [0.15, 0.2) is 11.5 Å². The number of benzene rings is 3. The van der Waals surface area contributed by atoms with E-state index in [1.165, 1.54) is 19.2 Å². The number of anilines is 3. The number of hydrogen-bond donors (Lipinski definition) is 1. The van der Waals surface area contributed by atoms with Crippen LogP contribution < -0.4 is 29.7 Å². The molecule has 0 unspecified atom stereocenters. The Morgan fingerprint density at radius 1 is 0.957 bits per heavy atom. The second kappa shape index (κ2) is 13.2. The van der Waals surface area contributed by atoms with Crippen LogP contribution in [0, 0.1) is 5.82 Å². The van der Waals surface area contributed by atoms with Crippen molar-refractivity contribution in [3.63, 3.8) is 0 Å². The van der Waals surface area contributed by atoms with Gasteiger partial charge in [-0.3, -0.25) is 14.6 Å². The number of nitrogen functional groups attached to an aromatic ring is 1. The summed E-state index contributed by atoms with van der Waals surface area (Å²) in [7, 11) is 4.63. The van der Waals surface area contributed by atoms with Crippen LogP contribution in [-0.2, 0) is 11.2 Å². The first-order valence-corrected chi connectivity index (χ1v) is 15.0. The predicted molar refractivity (Wildman–Crippen MR) is 176 cm³/mol. The number of hydrogen-bond acceptors (Lipinski definition) is 10. The van der Waals surface area contributed by atoms with Crippen LogP contribution in [0.25, 0.3) is 0 Å². The Hall–Kier alpha value is -4.94. The van der Waals surface area contributed by atoms with E-state index in [0.29, 0.717) is 52.2 Å². The number of carbonyl (C=O) groups excluding carboxylic acids is 1. The highest BCUT2D eigenvalue weighted by molar-refractivity contribution is 6.54. The maximum Gasteiger partial charge on any atom is 0.278 e. The van der Waals surface area contributed by atoms with E-state index >= 15 is 0 Å². The van der Waals surface area contributed by atoms with Gasteiger partial charge in [-0.25, -0.2) is 14.4 Å². The third-order valence-electron chi connectivity index (χ3n) is 8.07. The van der Waals surface area contributed by atoms with Crippen LogP contribution >= 0.6 is 11.6 Å². The molecule has 3 heterocycles. The van der Waals surface area contributed by atoms with E-state index in [9.17, 15) is 9.18 Å². The average Bonchev–Trinajstić information content (AvgIpc) is 3.31. The number of fused-ring (bicyclic) bond motifs is 1. The van der Waals surface area contributed by atoms with Gasteiger partial charge in [-0.1, -0.05) is 11.6 Å². The van der Waals surface area contributed by atoms with Crippen LogP contribution in [0.2, 0.25) is 5.02 Å². The minimum absolute atomic E-state index is 0.00290. The van der Waals surface area contributed by atoms with Crippen molar-refractivity contribution >= 4 is 46.4 Å². The van der Waals surface area contributed by atoms with E-state index in [4.69, 9.17) is 31.5 Å². The molecule has 1 fully saturated rings. The Balaban J connectivity index is 1.20. The molecular formula is C33H33ClFN7O4. The number of aliphatic imine (C=N–C) groups is 1. The van der Waals surface area contributed by atoms with Crippen LogP contribution in [0.3, 0.4) is 0 Å². The highest BCUT2D eigenvalue weighted by Gasteiger charge is 2.36. The summed E-state index contributed by atoms with van der Waals surface area (Å²) in [6.45, 7) is 3.39. The molecule has 1 saturated heterocycles. The molecule has 0 saturated carbocycles. The third-order valence-corrected chi connectivity index (χ3v) is 8.33. The molecule has 2 N–H and O–H groups in total. The Kier molecular flexibility index (Phi) is 8.91. The number of amides is 1. The van der Waals surface area contributed by atoms with Crippen molar-refractivity contribution in [3.05, 3.63) is 88.3 Å². The number of ether oxygens (including phenoxy) is 3. The van der Waals surface area contributed by atoms with Gasteiger partial charge in [-0.15, -0.1) is 0 Å². The Morgan fingerprint density at radius 2 is 1.65 bits per heavy atom. The Bertz CT molecular complexity index is 1770. The maximum atomic E-state index is 14.4. The van der Waals surface area contributed by atoms with E-state index in [1.807, 2.05) is 36.4 Å². The van der Waals surface area contributed by atoms with Gasteiger partial charge in [0.05, 0.1) is 33.7 Å². The number of halogens is 2. The minimum atomic E-state index is -0.473. The number of carbonyl (C=O) groups is 1. The standard InChI is InChI=1S/C33H33ClFN7O4/c1-44-27-15-20(16-28(45-2)30(27)46-3)14-21-18-37-33(39-31(21)36)38-29-25-17-23(35)6-9-26(25)42(32(29)43)19-40-10-12-41(13-11-40)24-7-4-22(34)5-8-24/h4-9,15-18H,10-14,19H2,1-3H3,(H2,36,37,39). The molecule has 3 aromatic carbocycles. The normalized spacial score (nSPS) is 15.8. The average molecular weight is 646 g/mol. The smallest absolute Gasteiger partial charge is 0.278 e. The Labute approximate surface area is 271 Å². The summed E-state index contributed by atoms with van der Waals surface area (Å²) in [4.78, 5) is 33.0. The van der Waals surface area contributed by atoms with Gasteiger partial charge in [0.25, 0.3) is 11.9 Å². The zero-order chi connectivity index (χ0) is 32.4. The van der Waals surface area contributed by atoms with Crippen molar-refractivity contribution in [1.29, 1.82) is 0 Å². The molecule has 238 valence electrons. The van der Waals surface area contributed by atoms with Crippen molar-refractivity contribution in [2.24, 2.45) is 4.99 Å². The SMILES string of the molecule is COc1cc(Cc2cnc(N=C3C(=O)N(CN4CCN(c5ccc(Cl)cc5)CC4)c4ccc(F)cc43)nc2N)cc(OC)c1OC. The molecular weight excluding hydrogens is 613 g/mol. The summed E-state index contributed by atoms with van der Waals surface area (Å²) in [6.07, 6.45) is 1.94. The molecule has 6 rings (SSSR count). The van der Waals surface area contributed by atoms with Gasteiger partial charge in [-0.05, 0) is 60.2 Å². The van der Waals surface area contributed by atoms with E-state index < -0.39 is 5.82 Å².